The standard InChI is InChI=1S/C18H15F2NO4/c1-23-15-8-11(9-16-18(15)25-7-6-24-16)2-5-17(22)21-12-3-4-13(19)14(20)10-12/h2-5,8-10H,6-7H2,1H3,(H,21,22). The average molecular weight is 347 g/mol. The van der Waals surface area contributed by atoms with Gasteiger partial charge in [-0.25, -0.2) is 8.78 Å². The average Bonchev–Trinajstić information content (AvgIpc) is 2.62. The van der Waals surface area contributed by atoms with E-state index in [-0.39, 0.29) is 5.69 Å². The zero-order chi connectivity index (χ0) is 17.8. The highest BCUT2D eigenvalue weighted by molar-refractivity contribution is 6.02. The van der Waals surface area contributed by atoms with Crippen LogP contribution in [0.4, 0.5) is 14.5 Å². The van der Waals surface area contributed by atoms with Gasteiger partial charge in [0.15, 0.2) is 23.1 Å². The van der Waals surface area contributed by atoms with Crippen LogP contribution in [0, 0.1) is 11.6 Å². The Morgan fingerprint density at radius 2 is 1.96 bits per heavy atom. The largest absolute Gasteiger partial charge is 0.493 e. The number of carbonyl (C=O) groups is 1. The van der Waals surface area contributed by atoms with Crippen LogP contribution < -0.4 is 19.5 Å². The number of nitrogens with one attached hydrogen (secondary N) is 1. The smallest absolute Gasteiger partial charge is 0.248 e. The van der Waals surface area contributed by atoms with Gasteiger partial charge in [-0.2, -0.15) is 0 Å². The molecule has 7 heteroatoms. The Morgan fingerprint density at radius 1 is 1.16 bits per heavy atom. The van der Waals surface area contributed by atoms with Gasteiger partial charge in [0, 0.05) is 17.8 Å². The zero-order valence-electron chi connectivity index (χ0n) is 13.3. The van der Waals surface area contributed by atoms with Crippen molar-refractivity contribution in [2.24, 2.45) is 0 Å². The fraction of sp³-hybridized carbons (Fsp3) is 0.167. The number of carbonyl (C=O) groups excluding carboxylic acids is 1. The summed E-state index contributed by atoms with van der Waals surface area (Å²) in [7, 11) is 1.51. The van der Waals surface area contributed by atoms with E-state index in [0.29, 0.717) is 36.0 Å². The van der Waals surface area contributed by atoms with Crippen molar-refractivity contribution in [1.29, 1.82) is 0 Å². The van der Waals surface area contributed by atoms with E-state index in [2.05, 4.69) is 5.32 Å². The Morgan fingerprint density at radius 3 is 2.72 bits per heavy atom. The fourth-order valence-corrected chi connectivity index (χ4v) is 2.32. The van der Waals surface area contributed by atoms with Crippen molar-refractivity contribution in [2.75, 3.05) is 25.6 Å². The SMILES string of the molecule is COc1cc(C=CC(=O)Nc2ccc(F)c(F)c2)cc2c1OCCO2. The molecule has 1 N–H and O–H groups in total. The molecular weight excluding hydrogens is 332 g/mol. The van der Waals surface area contributed by atoms with E-state index in [1.807, 2.05) is 0 Å². The van der Waals surface area contributed by atoms with Crippen LogP contribution in [0.2, 0.25) is 0 Å². The lowest BCUT2D eigenvalue weighted by molar-refractivity contribution is -0.111. The molecule has 1 aliphatic rings. The van der Waals surface area contributed by atoms with Gasteiger partial charge in [-0.15, -0.1) is 0 Å². The van der Waals surface area contributed by atoms with Crippen LogP contribution in [0.3, 0.4) is 0 Å². The van der Waals surface area contributed by atoms with Gasteiger partial charge in [-0.05, 0) is 35.9 Å². The molecule has 130 valence electrons. The first-order chi connectivity index (χ1) is 12.1. The summed E-state index contributed by atoms with van der Waals surface area (Å²) < 4.78 is 42.3. The minimum atomic E-state index is -1.03. The van der Waals surface area contributed by atoms with E-state index in [1.165, 1.54) is 19.3 Å². The van der Waals surface area contributed by atoms with E-state index in [0.717, 1.165) is 12.1 Å². The van der Waals surface area contributed by atoms with Gasteiger partial charge >= 0.3 is 0 Å². The summed E-state index contributed by atoms with van der Waals surface area (Å²) in [5.41, 5.74) is 0.829. The molecule has 0 fully saturated rings. The molecule has 0 saturated carbocycles. The van der Waals surface area contributed by atoms with Crippen LogP contribution >= 0.6 is 0 Å². The van der Waals surface area contributed by atoms with E-state index >= 15 is 0 Å². The third-order valence-corrected chi connectivity index (χ3v) is 3.46. The number of benzene rings is 2. The fourth-order valence-electron chi connectivity index (χ4n) is 2.32. The maximum Gasteiger partial charge on any atom is 0.248 e. The molecule has 2 aromatic rings. The highest BCUT2D eigenvalue weighted by Gasteiger charge is 2.17. The third-order valence-electron chi connectivity index (χ3n) is 3.46. The Bertz CT molecular complexity index is 819. The van der Waals surface area contributed by atoms with Crippen molar-refractivity contribution in [2.45, 2.75) is 0 Å². The number of rotatable bonds is 4. The predicted molar refractivity (Wildman–Crippen MR) is 88.0 cm³/mol. The number of amides is 1. The third kappa shape index (κ3) is 3.88. The normalized spacial score (nSPS) is 12.9. The quantitative estimate of drug-likeness (QED) is 0.862. The summed E-state index contributed by atoms with van der Waals surface area (Å²) >= 11 is 0. The molecule has 0 bridgehead atoms. The maximum atomic E-state index is 13.1. The second-order valence-electron chi connectivity index (χ2n) is 5.20. The topological polar surface area (TPSA) is 56.8 Å². The van der Waals surface area contributed by atoms with Gasteiger partial charge in [-0.3, -0.25) is 4.79 Å². The molecule has 1 heterocycles. The Kier molecular flexibility index (Phi) is 4.83. The summed E-state index contributed by atoms with van der Waals surface area (Å²) in [6.07, 6.45) is 2.82. The van der Waals surface area contributed by atoms with Crippen LogP contribution in [-0.2, 0) is 4.79 Å². The second-order valence-corrected chi connectivity index (χ2v) is 5.20. The highest BCUT2D eigenvalue weighted by atomic mass is 19.2. The monoisotopic (exact) mass is 347 g/mol. The number of anilines is 1. The molecule has 0 radical (unpaired) electrons. The number of methoxy groups -OCH3 is 1. The van der Waals surface area contributed by atoms with Crippen molar-refractivity contribution in [1.82, 2.24) is 0 Å². The molecule has 3 rings (SSSR count). The minimum absolute atomic E-state index is 0.160. The molecule has 0 unspecified atom stereocenters. The summed E-state index contributed by atoms with van der Waals surface area (Å²) in [5, 5.41) is 2.45. The van der Waals surface area contributed by atoms with Crippen molar-refractivity contribution in [3.63, 3.8) is 0 Å². The summed E-state index contributed by atoms with van der Waals surface area (Å²) in [6, 6.07) is 6.55. The maximum absolute atomic E-state index is 13.1. The number of ether oxygens (including phenoxy) is 3. The molecule has 2 aromatic carbocycles. The van der Waals surface area contributed by atoms with Crippen LogP contribution in [0.25, 0.3) is 6.08 Å². The highest BCUT2D eigenvalue weighted by Crippen LogP contribution is 2.40. The molecule has 0 aromatic heterocycles. The minimum Gasteiger partial charge on any atom is -0.493 e. The van der Waals surface area contributed by atoms with Gasteiger partial charge in [0.25, 0.3) is 0 Å². The summed E-state index contributed by atoms with van der Waals surface area (Å²) in [6.45, 7) is 0.870. The molecular formula is C18H15F2NO4. The van der Waals surface area contributed by atoms with Gasteiger partial charge < -0.3 is 19.5 Å². The lowest BCUT2D eigenvalue weighted by Gasteiger charge is -2.20. The molecule has 5 nitrogen and oxygen atoms in total. The van der Waals surface area contributed by atoms with Gasteiger partial charge in [0.05, 0.1) is 7.11 Å². The molecule has 1 aliphatic heterocycles. The number of hydrogen-bond donors (Lipinski definition) is 1. The molecule has 0 atom stereocenters. The second kappa shape index (κ2) is 7.21. The first kappa shape index (κ1) is 16.8. The number of hydrogen-bond acceptors (Lipinski definition) is 4. The lowest BCUT2D eigenvalue weighted by Crippen LogP contribution is -2.16. The van der Waals surface area contributed by atoms with Crippen molar-refractivity contribution < 1.29 is 27.8 Å². The first-order valence-electron chi connectivity index (χ1n) is 7.48. The molecule has 25 heavy (non-hydrogen) atoms. The van der Waals surface area contributed by atoms with E-state index in [9.17, 15) is 13.6 Å². The molecule has 0 saturated heterocycles. The van der Waals surface area contributed by atoms with Crippen molar-refractivity contribution in [3.05, 3.63) is 53.6 Å². The van der Waals surface area contributed by atoms with Gasteiger partial charge in [0.1, 0.15) is 13.2 Å². The van der Waals surface area contributed by atoms with Gasteiger partial charge in [-0.1, -0.05) is 0 Å². The number of fused-ring (bicyclic) bond motifs is 1. The van der Waals surface area contributed by atoms with Crippen molar-refractivity contribution in [3.8, 4) is 17.2 Å². The first-order valence-corrected chi connectivity index (χ1v) is 7.48. The number of halogens is 2. The van der Waals surface area contributed by atoms with Crippen LogP contribution in [0.1, 0.15) is 5.56 Å². The predicted octanol–water partition coefficient (Wildman–Crippen LogP) is 3.40. The summed E-state index contributed by atoms with van der Waals surface area (Å²) in [5.74, 6) is -0.934. The van der Waals surface area contributed by atoms with Crippen molar-refractivity contribution >= 4 is 17.7 Å². The molecule has 1 amide bonds. The molecule has 0 spiro atoms. The van der Waals surface area contributed by atoms with Gasteiger partial charge in [0.2, 0.25) is 11.7 Å². The summed E-state index contributed by atoms with van der Waals surface area (Å²) in [4.78, 5) is 11.9. The Balaban J connectivity index is 1.74. The van der Waals surface area contributed by atoms with E-state index in [4.69, 9.17) is 14.2 Å². The molecule has 0 aliphatic carbocycles. The Hall–Kier alpha value is -3.09. The van der Waals surface area contributed by atoms with Crippen LogP contribution in [-0.4, -0.2) is 26.2 Å². The lowest BCUT2D eigenvalue weighted by atomic mass is 10.1. The van der Waals surface area contributed by atoms with E-state index in [1.54, 1.807) is 18.2 Å². The Labute approximate surface area is 142 Å². The van der Waals surface area contributed by atoms with E-state index < -0.39 is 17.5 Å². The van der Waals surface area contributed by atoms with Crippen LogP contribution in [0.5, 0.6) is 17.2 Å². The van der Waals surface area contributed by atoms with Crippen LogP contribution in [0.15, 0.2) is 36.4 Å². The zero-order valence-corrected chi connectivity index (χ0v) is 13.3.